The maximum absolute atomic E-state index is 12.6. The smallest absolute Gasteiger partial charge is 0.321 e. The molecule has 0 bridgehead atoms. The Bertz CT molecular complexity index is 688. The Morgan fingerprint density at radius 3 is 2.30 bits per heavy atom. The molecule has 2 amide bonds. The van der Waals surface area contributed by atoms with Gasteiger partial charge >= 0.3 is 12.0 Å². The summed E-state index contributed by atoms with van der Waals surface area (Å²) in [6.45, 7) is 12.2. The maximum atomic E-state index is 12.6. The first-order valence-corrected chi connectivity index (χ1v) is 11.5. The molecule has 2 atom stereocenters. The van der Waals surface area contributed by atoms with Crippen LogP contribution in [0.5, 0.6) is 0 Å². The van der Waals surface area contributed by atoms with Gasteiger partial charge in [0.1, 0.15) is 0 Å². The van der Waals surface area contributed by atoms with Crippen molar-refractivity contribution in [3.05, 3.63) is 29.8 Å². The van der Waals surface area contributed by atoms with Gasteiger partial charge in [-0.15, -0.1) is 0 Å². The molecular weight excluding hydrogens is 378 g/mol. The minimum atomic E-state index is -0.231. The van der Waals surface area contributed by atoms with E-state index >= 15 is 0 Å². The van der Waals surface area contributed by atoms with Crippen LogP contribution in [0.25, 0.3) is 0 Å². The van der Waals surface area contributed by atoms with Gasteiger partial charge in [0.2, 0.25) is 0 Å². The SMILES string of the molecule is CCOC(=O)Cc1ccc(NC(=O)N2CCC(CN3CC(C)CC(C)C3)CC2)cc1. The van der Waals surface area contributed by atoms with E-state index in [4.69, 9.17) is 4.74 Å². The molecule has 30 heavy (non-hydrogen) atoms. The van der Waals surface area contributed by atoms with Gasteiger partial charge in [0.05, 0.1) is 13.0 Å². The summed E-state index contributed by atoms with van der Waals surface area (Å²) in [5.41, 5.74) is 1.64. The molecule has 6 nitrogen and oxygen atoms in total. The molecule has 1 N–H and O–H groups in total. The number of rotatable bonds is 6. The van der Waals surface area contributed by atoms with Crippen LogP contribution in [0.4, 0.5) is 10.5 Å². The molecule has 0 saturated carbocycles. The summed E-state index contributed by atoms with van der Waals surface area (Å²) >= 11 is 0. The third kappa shape index (κ3) is 6.73. The highest BCUT2D eigenvalue weighted by atomic mass is 16.5. The Labute approximate surface area is 180 Å². The summed E-state index contributed by atoms with van der Waals surface area (Å²) in [4.78, 5) is 28.7. The number of urea groups is 1. The van der Waals surface area contributed by atoms with Gasteiger partial charge in [-0.2, -0.15) is 0 Å². The Kier molecular flexibility index (Phi) is 8.14. The van der Waals surface area contributed by atoms with Crippen molar-refractivity contribution in [3.63, 3.8) is 0 Å². The summed E-state index contributed by atoms with van der Waals surface area (Å²) in [5, 5.41) is 2.99. The van der Waals surface area contributed by atoms with Crippen molar-refractivity contribution in [1.82, 2.24) is 9.80 Å². The number of esters is 1. The Balaban J connectivity index is 1.41. The number of carbonyl (C=O) groups is 2. The number of anilines is 1. The van der Waals surface area contributed by atoms with Gasteiger partial charge in [-0.1, -0.05) is 26.0 Å². The number of piperidine rings is 2. The molecule has 3 rings (SSSR count). The quantitative estimate of drug-likeness (QED) is 0.713. The van der Waals surface area contributed by atoms with Gasteiger partial charge in [-0.05, 0) is 61.6 Å². The number of likely N-dealkylation sites (tertiary alicyclic amines) is 2. The molecular formula is C24H37N3O3. The van der Waals surface area contributed by atoms with Gasteiger partial charge in [0, 0.05) is 38.4 Å². The average molecular weight is 416 g/mol. The molecule has 2 saturated heterocycles. The summed E-state index contributed by atoms with van der Waals surface area (Å²) in [5.74, 6) is 2.05. The van der Waals surface area contributed by atoms with Crippen molar-refractivity contribution in [2.75, 3.05) is 44.6 Å². The van der Waals surface area contributed by atoms with Crippen LogP contribution in [0.3, 0.4) is 0 Å². The molecule has 1 aromatic rings. The van der Waals surface area contributed by atoms with Crippen LogP contribution in [0.15, 0.2) is 24.3 Å². The number of nitrogens with zero attached hydrogens (tertiary/aromatic N) is 2. The fourth-order valence-corrected chi connectivity index (χ4v) is 4.91. The third-order valence-corrected chi connectivity index (χ3v) is 6.22. The average Bonchev–Trinajstić information content (AvgIpc) is 2.69. The molecule has 166 valence electrons. The summed E-state index contributed by atoms with van der Waals surface area (Å²) in [6.07, 6.45) is 3.75. The van der Waals surface area contributed by atoms with Crippen molar-refractivity contribution < 1.29 is 14.3 Å². The fourth-order valence-electron chi connectivity index (χ4n) is 4.91. The number of carbonyl (C=O) groups excluding carboxylic acids is 2. The van der Waals surface area contributed by atoms with E-state index in [1.807, 2.05) is 29.2 Å². The minimum Gasteiger partial charge on any atom is -0.466 e. The van der Waals surface area contributed by atoms with Crippen LogP contribution in [0.1, 0.15) is 45.6 Å². The third-order valence-electron chi connectivity index (χ3n) is 6.22. The van der Waals surface area contributed by atoms with E-state index in [1.165, 1.54) is 26.1 Å². The first-order valence-electron chi connectivity index (χ1n) is 11.5. The zero-order valence-electron chi connectivity index (χ0n) is 18.7. The van der Waals surface area contributed by atoms with E-state index in [1.54, 1.807) is 6.92 Å². The molecule has 0 aromatic heterocycles. The lowest BCUT2D eigenvalue weighted by Crippen LogP contribution is -2.46. The highest BCUT2D eigenvalue weighted by Crippen LogP contribution is 2.25. The summed E-state index contributed by atoms with van der Waals surface area (Å²) < 4.78 is 4.97. The molecule has 1 aromatic carbocycles. The standard InChI is InChI=1S/C24H37N3O3/c1-4-30-23(28)14-20-5-7-22(8-6-20)25-24(29)27-11-9-21(10-12-27)17-26-15-18(2)13-19(3)16-26/h5-8,18-19,21H,4,9-17H2,1-3H3,(H,25,29). The van der Waals surface area contributed by atoms with Crippen LogP contribution in [0.2, 0.25) is 0 Å². The predicted molar refractivity (Wildman–Crippen MR) is 119 cm³/mol. The number of amides is 2. The first kappa shape index (κ1) is 22.6. The Morgan fingerprint density at radius 2 is 1.70 bits per heavy atom. The van der Waals surface area contributed by atoms with Crippen LogP contribution in [-0.2, 0) is 16.0 Å². The number of hydrogen-bond acceptors (Lipinski definition) is 4. The monoisotopic (exact) mass is 415 g/mol. The van der Waals surface area contributed by atoms with Crippen molar-refractivity contribution in [2.24, 2.45) is 17.8 Å². The topological polar surface area (TPSA) is 61.9 Å². The highest BCUT2D eigenvalue weighted by Gasteiger charge is 2.27. The second-order valence-corrected chi connectivity index (χ2v) is 9.20. The summed E-state index contributed by atoms with van der Waals surface area (Å²) in [7, 11) is 0. The highest BCUT2D eigenvalue weighted by molar-refractivity contribution is 5.89. The van der Waals surface area contributed by atoms with Crippen LogP contribution in [0, 0.1) is 17.8 Å². The van der Waals surface area contributed by atoms with Crippen molar-refractivity contribution in [3.8, 4) is 0 Å². The first-order chi connectivity index (χ1) is 14.4. The molecule has 0 radical (unpaired) electrons. The van der Waals surface area contributed by atoms with Gasteiger partial charge in [0.15, 0.2) is 0 Å². The molecule has 2 fully saturated rings. The number of hydrogen-bond donors (Lipinski definition) is 1. The van der Waals surface area contributed by atoms with Gasteiger partial charge < -0.3 is 19.9 Å². The number of nitrogens with one attached hydrogen (secondary N) is 1. The molecule has 2 unspecified atom stereocenters. The summed E-state index contributed by atoms with van der Waals surface area (Å²) in [6, 6.07) is 7.38. The predicted octanol–water partition coefficient (Wildman–Crippen LogP) is 4.01. The van der Waals surface area contributed by atoms with Crippen molar-refractivity contribution in [2.45, 2.75) is 46.5 Å². The van der Waals surface area contributed by atoms with E-state index < -0.39 is 0 Å². The Hall–Kier alpha value is -2.08. The van der Waals surface area contributed by atoms with Gasteiger partial charge in [-0.25, -0.2) is 4.79 Å². The van der Waals surface area contributed by atoms with Crippen LogP contribution >= 0.6 is 0 Å². The zero-order valence-corrected chi connectivity index (χ0v) is 18.7. The number of ether oxygens (including phenoxy) is 1. The second kappa shape index (κ2) is 10.8. The lowest BCUT2D eigenvalue weighted by atomic mass is 9.89. The second-order valence-electron chi connectivity index (χ2n) is 9.20. The normalized spacial score (nSPS) is 23.2. The molecule has 0 spiro atoms. The lowest BCUT2D eigenvalue weighted by molar-refractivity contribution is -0.142. The van der Waals surface area contributed by atoms with E-state index in [9.17, 15) is 9.59 Å². The van der Waals surface area contributed by atoms with E-state index in [2.05, 4.69) is 24.1 Å². The fraction of sp³-hybridized carbons (Fsp3) is 0.667. The molecule has 6 heteroatoms. The van der Waals surface area contributed by atoms with Gasteiger partial charge in [0.25, 0.3) is 0 Å². The molecule has 2 aliphatic heterocycles. The zero-order chi connectivity index (χ0) is 21.5. The lowest BCUT2D eigenvalue weighted by Gasteiger charge is -2.39. The van der Waals surface area contributed by atoms with Crippen LogP contribution < -0.4 is 5.32 Å². The van der Waals surface area contributed by atoms with Crippen molar-refractivity contribution >= 4 is 17.7 Å². The van der Waals surface area contributed by atoms with Gasteiger partial charge in [-0.3, -0.25) is 4.79 Å². The van der Waals surface area contributed by atoms with Crippen molar-refractivity contribution in [1.29, 1.82) is 0 Å². The molecule has 2 aliphatic rings. The maximum Gasteiger partial charge on any atom is 0.321 e. The van der Waals surface area contributed by atoms with E-state index in [0.29, 0.717) is 12.5 Å². The minimum absolute atomic E-state index is 0.0354. The molecule has 0 aliphatic carbocycles. The molecule has 2 heterocycles. The van der Waals surface area contributed by atoms with E-state index in [-0.39, 0.29) is 18.4 Å². The van der Waals surface area contributed by atoms with Crippen LogP contribution in [-0.4, -0.2) is 61.1 Å². The number of benzene rings is 1. The largest absolute Gasteiger partial charge is 0.466 e. The van der Waals surface area contributed by atoms with E-state index in [0.717, 1.165) is 49.0 Å². The Morgan fingerprint density at radius 1 is 1.07 bits per heavy atom.